The van der Waals surface area contributed by atoms with Crippen molar-refractivity contribution in [1.29, 1.82) is 0 Å². The molecule has 0 aromatic rings. The fraction of sp³-hybridized carbons (Fsp3) is 0.831. The Hall–Kier alpha value is -2.31. The Morgan fingerprint density at radius 3 is 1.33 bits per heavy atom. The van der Waals surface area contributed by atoms with Gasteiger partial charge in [-0.1, -0.05) is 229 Å². The molecule has 0 aromatic carbocycles. The van der Waals surface area contributed by atoms with Crippen LogP contribution in [0.15, 0.2) is 60.8 Å². The summed E-state index contributed by atoms with van der Waals surface area (Å²) in [6.45, 7) is 2.76. The second kappa shape index (κ2) is 50.2. The summed E-state index contributed by atoms with van der Waals surface area (Å²) in [5, 5.41) is 87.1. The highest BCUT2D eigenvalue weighted by atomic mass is 16.7. The molecule has 14 heteroatoms. The first-order valence-electron chi connectivity index (χ1n) is 32.0. The number of amides is 1. The largest absolute Gasteiger partial charge is 0.394 e. The molecule has 460 valence electrons. The number of hydrogen-bond acceptors (Lipinski definition) is 13. The summed E-state index contributed by atoms with van der Waals surface area (Å²) in [5.41, 5.74) is 0. The van der Waals surface area contributed by atoms with Gasteiger partial charge in [0.05, 0.1) is 32.0 Å². The number of carbonyl (C=O) groups is 1. The summed E-state index contributed by atoms with van der Waals surface area (Å²) < 4.78 is 22.8. The molecule has 0 radical (unpaired) electrons. The fourth-order valence-electron chi connectivity index (χ4n) is 10.2. The molecule has 0 saturated carbocycles. The maximum Gasteiger partial charge on any atom is 0.220 e. The topological polar surface area (TPSA) is 228 Å². The zero-order valence-electron chi connectivity index (χ0n) is 49.6. The van der Waals surface area contributed by atoms with Crippen molar-refractivity contribution in [2.45, 2.75) is 325 Å². The van der Waals surface area contributed by atoms with Gasteiger partial charge in [-0.05, 0) is 77.0 Å². The monoisotopic (exact) mass is 1120 g/mol. The molecule has 12 unspecified atom stereocenters. The van der Waals surface area contributed by atoms with E-state index in [4.69, 9.17) is 18.9 Å². The predicted molar refractivity (Wildman–Crippen MR) is 318 cm³/mol. The number of rotatable bonds is 51. The quantitative estimate of drug-likeness (QED) is 0.0204. The molecule has 2 fully saturated rings. The van der Waals surface area contributed by atoms with E-state index in [0.717, 1.165) is 70.6 Å². The minimum absolute atomic E-state index is 0.252. The second-order valence-electron chi connectivity index (χ2n) is 22.5. The van der Waals surface area contributed by atoms with E-state index in [2.05, 4.69) is 67.8 Å². The van der Waals surface area contributed by atoms with Crippen molar-refractivity contribution in [3.05, 3.63) is 60.8 Å². The zero-order chi connectivity index (χ0) is 57.4. The van der Waals surface area contributed by atoms with Crippen LogP contribution in [0.3, 0.4) is 0 Å². The van der Waals surface area contributed by atoms with Gasteiger partial charge in [0.25, 0.3) is 0 Å². The highest BCUT2D eigenvalue weighted by Crippen LogP contribution is 2.30. The fourth-order valence-corrected chi connectivity index (χ4v) is 10.2. The predicted octanol–water partition coefficient (Wildman–Crippen LogP) is 11.7. The molecule has 0 aliphatic carbocycles. The van der Waals surface area contributed by atoms with Crippen molar-refractivity contribution in [2.24, 2.45) is 0 Å². The van der Waals surface area contributed by atoms with Gasteiger partial charge in [-0.25, -0.2) is 0 Å². The number of ether oxygens (including phenoxy) is 4. The highest BCUT2D eigenvalue weighted by molar-refractivity contribution is 5.76. The zero-order valence-corrected chi connectivity index (χ0v) is 49.6. The van der Waals surface area contributed by atoms with Crippen LogP contribution in [0.4, 0.5) is 0 Å². The average molecular weight is 1120 g/mol. The number of carbonyl (C=O) groups excluding carboxylic acids is 1. The third-order valence-corrected chi connectivity index (χ3v) is 15.4. The first kappa shape index (κ1) is 72.8. The molecule has 0 spiro atoms. The van der Waals surface area contributed by atoms with E-state index >= 15 is 0 Å². The number of hydrogen-bond donors (Lipinski definition) is 9. The SMILES string of the molecule is CCCCCC/C=C\C/C=C\CCCCCCCC(=O)NC(COC1OC(CO)C(OC2OC(CO)C(O)C(O)C2O)C(O)C1O)C(O)/C=C/CC/C=C/CC/C=C/CCCCCCCCCCCCCCCCCCCCC. The molecule has 2 heterocycles. The molecule has 12 atom stereocenters. The maximum atomic E-state index is 13.2. The van der Waals surface area contributed by atoms with Gasteiger partial charge in [0.2, 0.25) is 5.91 Å². The molecule has 2 aliphatic rings. The van der Waals surface area contributed by atoms with Crippen LogP contribution < -0.4 is 5.32 Å². The van der Waals surface area contributed by atoms with Crippen LogP contribution in [0.1, 0.15) is 251 Å². The Balaban J connectivity index is 1.74. The lowest BCUT2D eigenvalue weighted by Gasteiger charge is -2.46. The van der Waals surface area contributed by atoms with Gasteiger partial charge in [-0.15, -0.1) is 0 Å². The highest BCUT2D eigenvalue weighted by Gasteiger charge is 2.51. The van der Waals surface area contributed by atoms with Gasteiger partial charge in [-0.3, -0.25) is 4.79 Å². The second-order valence-corrected chi connectivity index (χ2v) is 22.5. The summed E-state index contributed by atoms with van der Waals surface area (Å²) in [5.74, 6) is -0.267. The van der Waals surface area contributed by atoms with Crippen molar-refractivity contribution < 1.29 is 64.6 Å². The van der Waals surface area contributed by atoms with Crippen molar-refractivity contribution >= 4 is 5.91 Å². The van der Waals surface area contributed by atoms with E-state index < -0.39 is 86.8 Å². The lowest BCUT2D eigenvalue weighted by Crippen LogP contribution is -2.65. The first-order chi connectivity index (χ1) is 38.6. The maximum absolute atomic E-state index is 13.2. The van der Waals surface area contributed by atoms with Gasteiger partial charge >= 0.3 is 0 Å². The Bertz CT molecular complexity index is 1560. The normalized spacial score (nSPS) is 24.8. The molecule has 2 saturated heterocycles. The smallest absolute Gasteiger partial charge is 0.220 e. The van der Waals surface area contributed by atoms with Crippen LogP contribution in [-0.2, 0) is 23.7 Å². The van der Waals surface area contributed by atoms with Gasteiger partial charge in [-0.2, -0.15) is 0 Å². The lowest BCUT2D eigenvalue weighted by molar-refractivity contribution is -0.359. The van der Waals surface area contributed by atoms with Crippen LogP contribution in [0.5, 0.6) is 0 Å². The van der Waals surface area contributed by atoms with E-state index in [1.165, 1.54) is 148 Å². The summed E-state index contributed by atoms with van der Waals surface area (Å²) in [6, 6.07) is -0.948. The third kappa shape index (κ3) is 35.4. The van der Waals surface area contributed by atoms with Gasteiger partial charge in [0.15, 0.2) is 12.6 Å². The van der Waals surface area contributed by atoms with Crippen LogP contribution in [-0.4, -0.2) is 140 Å². The van der Waals surface area contributed by atoms with Gasteiger partial charge in [0.1, 0.15) is 48.8 Å². The molecule has 9 N–H and O–H groups in total. The molecule has 0 bridgehead atoms. The van der Waals surface area contributed by atoms with Gasteiger partial charge in [0, 0.05) is 6.42 Å². The minimum atomic E-state index is -1.80. The Labute approximate surface area is 479 Å². The van der Waals surface area contributed by atoms with E-state index in [1.807, 2.05) is 6.08 Å². The molecule has 2 aliphatic heterocycles. The van der Waals surface area contributed by atoms with E-state index in [0.29, 0.717) is 12.8 Å². The lowest BCUT2D eigenvalue weighted by atomic mass is 9.97. The molecular weight excluding hydrogens is 1000 g/mol. The van der Waals surface area contributed by atoms with Crippen LogP contribution >= 0.6 is 0 Å². The number of unbranched alkanes of at least 4 members (excludes halogenated alkanes) is 30. The van der Waals surface area contributed by atoms with E-state index in [-0.39, 0.29) is 18.9 Å². The molecule has 14 nitrogen and oxygen atoms in total. The summed E-state index contributed by atoms with van der Waals surface area (Å²) in [6.07, 6.45) is 48.5. The van der Waals surface area contributed by atoms with Crippen LogP contribution in [0.25, 0.3) is 0 Å². The van der Waals surface area contributed by atoms with Crippen LogP contribution in [0, 0.1) is 0 Å². The van der Waals surface area contributed by atoms with Crippen LogP contribution in [0.2, 0.25) is 0 Å². The van der Waals surface area contributed by atoms with Crippen molar-refractivity contribution in [3.63, 3.8) is 0 Å². The minimum Gasteiger partial charge on any atom is -0.394 e. The summed E-state index contributed by atoms with van der Waals surface area (Å²) in [4.78, 5) is 13.2. The molecular formula is C65H117NO13. The van der Waals surface area contributed by atoms with Crippen molar-refractivity contribution in [2.75, 3.05) is 19.8 Å². The molecule has 2 rings (SSSR count). The standard InChI is InChI=1S/C65H117NO13/c1-3-5-7-9-11-13-15-17-19-21-22-23-24-25-26-27-28-29-30-31-32-33-34-36-38-40-42-44-46-48-54(69)53(66-57(70)49-47-45-43-41-39-37-35-20-18-16-14-12-10-8-6-4-2)52-76-64-62(75)60(73)63(56(51-68)78-64)79-65-61(74)59(72)58(71)55(50-67)77-65/h14,16,20,32-33,35,38,40,46,48,53-56,58-65,67-69,71-75H,3-13,15,17-19,21-31,34,36-37,39,41-45,47,49-52H2,1-2H3,(H,66,70)/b16-14-,33-32+,35-20-,40-38+,48-46+. The molecule has 79 heavy (non-hydrogen) atoms. The Morgan fingerprint density at radius 2 is 0.848 bits per heavy atom. The number of nitrogens with one attached hydrogen (secondary N) is 1. The summed E-state index contributed by atoms with van der Waals surface area (Å²) in [7, 11) is 0. The first-order valence-corrected chi connectivity index (χ1v) is 32.0. The van der Waals surface area contributed by atoms with E-state index in [1.54, 1.807) is 6.08 Å². The number of aliphatic hydroxyl groups excluding tert-OH is 8. The number of allylic oxidation sites excluding steroid dienone is 9. The average Bonchev–Trinajstić information content (AvgIpc) is 3.48. The molecule has 0 aromatic heterocycles. The van der Waals surface area contributed by atoms with E-state index in [9.17, 15) is 45.6 Å². The Morgan fingerprint density at radius 1 is 0.456 bits per heavy atom. The summed E-state index contributed by atoms with van der Waals surface area (Å²) >= 11 is 0. The Kier molecular flexibility index (Phi) is 46.3. The number of aliphatic hydroxyl groups is 8. The van der Waals surface area contributed by atoms with Crippen molar-refractivity contribution in [3.8, 4) is 0 Å². The third-order valence-electron chi connectivity index (χ3n) is 15.4. The molecule has 1 amide bonds. The van der Waals surface area contributed by atoms with Crippen molar-refractivity contribution in [1.82, 2.24) is 5.32 Å². The van der Waals surface area contributed by atoms with Gasteiger partial charge < -0.3 is 65.1 Å².